The second-order valence-corrected chi connectivity index (χ2v) is 6.18. The van der Waals surface area contributed by atoms with Crippen molar-refractivity contribution in [2.75, 3.05) is 18.0 Å². The van der Waals surface area contributed by atoms with Gasteiger partial charge >= 0.3 is 0 Å². The van der Waals surface area contributed by atoms with Crippen molar-refractivity contribution in [1.29, 1.82) is 0 Å². The number of hydrogen-bond donors (Lipinski definition) is 0. The van der Waals surface area contributed by atoms with Crippen molar-refractivity contribution >= 4 is 16.9 Å². The van der Waals surface area contributed by atoms with Crippen LogP contribution in [0.4, 0.5) is 5.95 Å². The van der Waals surface area contributed by atoms with Crippen molar-refractivity contribution in [2.24, 2.45) is 0 Å². The van der Waals surface area contributed by atoms with E-state index >= 15 is 0 Å². The molecule has 0 aliphatic carbocycles. The SMILES string of the molecule is C#CCn1cc(-c2ccnc(N3CCCCC3)n2)c2ccccc21. The molecule has 0 unspecified atom stereocenters. The predicted molar refractivity (Wildman–Crippen MR) is 97.9 cm³/mol. The van der Waals surface area contributed by atoms with Gasteiger partial charge in [0.15, 0.2) is 0 Å². The van der Waals surface area contributed by atoms with E-state index in [-0.39, 0.29) is 0 Å². The number of hydrogen-bond acceptors (Lipinski definition) is 3. The minimum atomic E-state index is 0.560. The van der Waals surface area contributed by atoms with Gasteiger partial charge in [-0.3, -0.25) is 0 Å². The highest BCUT2D eigenvalue weighted by Crippen LogP contribution is 2.30. The molecule has 1 aliphatic rings. The predicted octanol–water partition coefficient (Wildman–Crippen LogP) is 3.72. The lowest BCUT2D eigenvalue weighted by Gasteiger charge is -2.26. The number of nitrogens with zero attached hydrogens (tertiary/aromatic N) is 4. The average Bonchev–Trinajstić information content (AvgIpc) is 3.02. The molecule has 1 aliphatic heterocycles. The lowest BCUT2D eigenvalue weighted by atomic mass is 10.1. The van der Waals surface area contributed by atoms with Gasteiger partial charge in [0, 0.05) is 41.9 Å². The second-order valence-electron chi connectivity index (χ2n) is 6.18. The van der Waals surface area contributed by atoms with Crippen LogP contribution >= 0.6 is 0 Å². The molecule has 4 rings (SSSR count). The van der Waals surface area contributed by atoms with Gasteiger partial charge in [-0.05, 0) is 31.4 Å². The van der Waals surface area contributed by atoms with Crippen LogP contribution in [0.25, 0.3) is 22.2 Å². The first-order valence-electron chi connectivity index (χ1n) is 8.46. The van der Waals surface area contributed by atoms with Crippen molar-refractivity contribution in [3.05, 3.63) is 42.7 Å². The first-order valence-corrected chi connectivity index (χ1v) is 8.46. The van der Waals surface area contributed by atoms with Gasteiger partial charge in [0.25, 0.3) is 0 Å². The largest absolute Gasteiger partial charge is 0.341 e. The molecule has 3 heterocycles. The monoisotopic (exact) mass is 316 g/mol. The quantitative estimate of drug-likeness (QED) is 0.691. The average molecular weight is 316 g/mol. The molecule has 0 amide bonds. The number of rotatable bonds is 3. The zero-order valence-corrected chi connectivity index (χ0v) is 13.7. The summed E-state index contributed by atoms with van der Waals surface area (Å²) < 4.78 is 2.10. The van der Waals surface area contributed by atoms with E-state index in [1.54, 1.807) is 0 Å². The maximum Gasteiger partial charge on any atom is 0.225 e. The molecular weight excluding hydrogens is 296 g/mol. The zero-order chi connectivity index (χ0) is 16.4. The smallest absolute Gasteiger partial charge is 0.225 e. The Labute approximate surface area is 142 Å². The molecule has 24 heavy (non-hydrogen) atoms. The van der Waals surface area contributed by atoms with Crippen LogP contribution in [0.15, 0.2) is 42.7 Å². The molecule has 0 N–H and O–H groups in total. The van der Waals surface area contributed by atoms with Crippen molar-refractivity contribution in [3.8, 4) is 23.6 Å². The Hall–Kier alpha value is -2.80. The maximum atomic E-state index is 5.52. The summed E-state index contributed by atoms with van der Waals surface area (Å²) in [4.78, 5) is 11.6. The van der Waals surface area contributed by atoms with E-state index in [0.717, 1.165) is 35.8 Å². The van der Waals surface area contributed by atoms with E-state index in [4.69, 9.17) is 11.4 Å². The van der Waals surface area contributed by atoms with Gasteiger partial charge in [0.1, 0.15) is 0 Å². The van der Waals surface area contributed by atoms with E-state index in [1.165, 1.54) is 24.6 Å². The van der Waals surface area contributed by atoms with E-state index in [1.807, 2.05) is 18.3 Å². The molecule has 1 aromatic carbocycles. The summed E-state index contributed by atoms with van der Waals surface area (Å²) in [5.74, 6) is 3.56. The molecule has 0 radical (unpaired) electrons. The van der Waals surface area contributed by atoms with E-state index < -0.39 is 0 Å². The first-order chi connectivity index (χ1) is 11.9. The van der Waals surface area contributed by atoms with Crippen LogP contribution in [0.1, 0.15) is 19.3 Å². The summed E-state index contributed by atoms with van der Waals surface area (Å²) >= 11 is 0. The Balaban J connectivity index is 1.79. The molecule has 4 nitrogen and oxygen atoms in total. The van der Waals surface area contributed by atoms with E-state index in [2.05, 4.69) is 44.8 Å². The Morgan fingerprint density at radius 2 is 1.92 bits per heavy atom. The number of fused-ring (bicyclic) bond motifs is 1. The van der Waals surface area contributed by atoms with Crippen LogP contribution < -0.4 is 4.90 Å². The number of benzene rings is 1. The first kappa shape index (κ1) is 14.8. The van der Waals surface area contributed by atoms with Crippen molar-refractivity contribution in [1.82, 2.24) is 14.5 Å². The van der Waals surface area contributed by atoms with Crippen molar-refractivity contribution < 1.29 is 0 Å². The van der Waals surface area contributed by atoms with Gasteiger partial charge in [-0.25, -0.2) is 9.97 Å². The Kier molecular flexibility index (Phi) is 3.92. The molecule has 3 aromatic rings. The summed E-state index contributed by atoms with van der Waals surface area (Å²) in [6, 6.07) is 10.3. The van der Waals surface area contributed by atoms with Gasteiger partial charge in [-0.15, -0.1) is 6.42 Å². The number of aromatic nitrogens is 3. The van der Waals surface area contributed by atoms with Crippen LogP contribution in [-0.4, -0.2) is 27.6 Å². The van der Waals surface area contributed by atoms with E-state index in [9.17, 15) is 0 Å². The third-order valence-electron chi connectivity index (χ3n) is 4.61. The van der Waals surface area contributed by atoms with Crippen LogP contribution in [0.2, 0.25) is 0 Å². The van der Waals surface area contributed by atoms with Gasteiger partial charge in [-0.2, -0.15) is 0 Å². The summed E-state index contributed by atoms with van der Waals surface area (Å²) in [6.45, 7) is 2.65. The number of para-hydroxylation sites is 1. The summed E-state index contributed by atoms with van der Waals surface area (Å²) in [5.41, 5.74) is 3.21. The van der Waals surface area contributed by atoms with Crippen molar-refractivity contribution in [3.63, 3.8) is 0 Å². The van der Waals surface area contributed by atoms with Crippen LogP contribution in [0, 0.1) is 12.3 Å². The van der Waals surface area contributed by atoms with Crippen LogP contribution in [-0.2, 0) is 6.54 Å². The highest BCUT2D eigenvalue weighted by Gasteiger charge is 2.16. The third-order valence-corrected chi connectivity index (χ3v) is 4.61. The second kappa shape index (κ2) is 6.37. The zero-order valence-electron chi connectivity index (χ0n) is 13.7. The Morgan fingerprint density at radius 1 is 1.08 bits per heavy atom. The topological polar surface area (TPSA) is 34.0 Å². The molecule has 1 fully saturated rings. The van der Waals surface area contributed by atoms with Gasteiger partial charge < -0.3 is 9.47 Å². The van der Waals surface area contributed by atoms with Gasteiger partial charge in [-0.1, -0.05) is 24.1 Å². The normalized spacial score (nSPS) is 14.7. The van der Waals surface area contributed by atoms with Crippen LogP contribution in [0.5, 0.6) is 0 Å². The maximum absolute atomic E-state index is 5.52. The molecule has 0 atom stereocenters. The lowest BCUT2D eigenvalue weighted by Crippen LogP contribution is -2.30. The number of piperidine rings is 1. The van der Waals surface area contributed by atoms with Crippen LogP contribution in [0.3, 0.4) is 0 Å². The number of anilines is 1. The highest BCUT2D eigenvalue weighted by molar-refractivity contribution is 5.95. The molecule has 0 saturated carbocycles. The fourth-order valence-electron chi connectivity index (χ4n) is 3.42. The van der Waals surface area contributed by atoms with Crippen molar-refractivity contribution in [2.45, 2.75) is 25.8 Å². The Morgan fingerprint density at radius 3 is 2.75 bits per heavy atom. The fourth-order valence-corrected chi connectivity index (χ4v) is 3.42. The summed E-state index contributed by atoms with van der Waals surface area (Å²) in [7, 11) is 0. The highest BCUT2D eigenvalue weighted by atomic mass is 15.2. The number of terminal acetylenes is 1. The molecule has 120 valence electrons. The minimum absolute atomic E-state index is 0.560. The fraction of sp³-hybridized carbons (Fsp3) is 0.300. The molecule has 2 aromatic heterocycles. The molecule has 0 bridgehead atoms. The van der Waals surface area contributed by atoms with Gasteiger partial charge in [0.2, 0.25) is 5.95 Å². The molecule has 1 saturated heterocycles. The van der Waals surface area contributed by atoms with Gasteiger partial charge in [0.05, 0.1) is 12.2 Å². The minimum Gasteiger partial charge on any atom is -0.341 e. The molecular formula is C20H20N4. The Bertz CT molecular complexity index is 897. The summed E-state index contributed by atoms with van der Waals surface area (Å²) in [5, 5.41) is 1.18. The molecule has 0 spiro atoms. The lowest BCUT2D eigenvalue weighted by molar-refractivity contribution is 0.568. The third kappa shape index (κ3) is 2.63. The van der Waals surface area contributed by atoms with E-state index in [0.29, 0.717) is 6.54 Å². The molecule has 4 heteroatoms. The standard InChI is InChI=1S/C20H20N4/c1-2-12-24-15-17(16-8-4-5-9-19(16)24)18-10-11-21-20(22-18)23-13-6-3-7-14-23/h1,4-5,8-11,15H,3,6-7,12-14H2. The summed E-state index contributed by atoms with van der Waals surface area (Å²) in [6.07, 6.45) is 13.2.